The van der Waals surface area contributed by atoms with E-state index >= 15 is 0 Å². The number of fused-ring (bicyclic) bond motifs is 6. The summed E-state index contributed by atoms with van der Waals surface area (Å²) in [4.78, 5) is 0. The first-order valence-electron chi connectivity index (χ1n) is 15.9. The molecule has 222 valence electrons. The number of para-hydroxylation sites is 5. The lowest BCUT2D eigenvalue weighted by molar-refractivity contribution is 1.16. The van der Waals surface area contributed by atoms with Crippen molar-refractivity contribution in [2.45, 2.75) is 0 Å². The van der Waals surface area contributed by atoms with Crippen LogP contribution in [0.5, 0.6) is 0 Å². The predicted octanol–water partition coefficient (Wildman–Crippen LogP) is 11.0. The van der Waals surface area contributed by atoms with Crippen molar-refractivity contribution in [2.24, 2.45) is 0 Å². The maximum absolute atomic E-state index is 10.5. The molecule has 9 rings (SSSR count). The molecule has 0 bridgehead atoms. The van der Waals surface area contributed by atoms with Crippen LogP contribution in [-0.2, 0) is 0 Å². The van der Waals surface area contributed by atoms with Gasteiger partial charge >= 0.3 is 0 Å². The minimum atomic E-state index is 0.449. The van der Waals surface area contributed by atoms with Crippen LogP contribution in [0, 0.1) is 22.7 Å². The molecule has 2 heterocycles. The van der Waals surface area contributed by atoms with Crippen molar-refractivity contribution in [3.8, 4) is 45.8 Å². The topological polar surface area (TPSA) is 57.4 Å². The van der Waals surface area contributed by atoms with Gasteiger partial charge in [0.2, 0.25) is 0 Å². The first-order chi connectivity index (χ1) is 23.8. The lowest BCUT2D eigenvalue weighted by atomic mass is 9.90. The normalized spacial score (nSPS) is 11.3. The second-order valence-electron chi connectivity index (χ2n) is 11.9. The Labute approximate surface area is 277 Å². The highest BCUT2D eigenvalue weighted by Gasteiger charge is 2.21. The fraction of sp³-hybridized carbons (Fsp3) is 0. The molecule has 0 saturated carbocycles. The van der Waals surface area contributed by atoms with E-state index in [1.165, 1.54) is 10.8 Å². The highest BCUT2D eigenvalue weighted by atomic mass is 15.0. The van der Waals surface area contributed by atoms with Crippen LogP contribution in [0.1, 0.15) is 11.1 Å². The van der Waals surface area contributed by atoms with E-state index in [4.69, 9.17) is 0 Å². The zero-order valence-electron chi connectivity index (χ0n) is 25.8. The molecular formula is C44H26N4. The number of nitriles is 2. The molecule has 0 aliphatic carbocycles. The van der Waals surface area contributed by atoms with E-state index in [1.807, 2.05) is 42.5 Å². The fourth-order valence-electron chi connectivity index (χ4n) is 7.39. The number of nitrogens with zero attached hydrogens (tertiary/aromatic N) is 4. The molecule has 0 saturated heterocycles. The predicted molar refractivity (Wildman–Crippen MR) is 195 cm³/mol. The zero-order valence-corrected chi connectivity index (χ0v) is 25.8. The summed E-state index contributed by atoms with van der Waals surface area (Å²) in [5.74, 6) is 0. The Balaban J connectivity index is 1.33. The molecule has 4 nitrogen and oxygen atoms in total. The molecule has 9 aromatic rings. The van der Waals surface area contributed by atoms with Crippen molar-refractivity contribution < 1.29 is 0 Å². The molecule has 0 fully saturated rings. The summed E-state index contributed by atoms with van der Waals surface area (Å²) in [5, 5.41) is 25.5. The molecule has 0 radical (unpaired) electrons. The van der Waals surface area contributed by atoms with Gasteiger partial charge in [-0.2, -0.15) is 10.5 Å². The molecule has 2 aromatic heterocycles. The Morgan fingerprint density at radius 2 is 0.708 bits per heavy atom. The van der Waals surface area contributed by atoms with Gasteiger partial charge in [0.15, 0.2) is 0 Å². The van der Waals surface area contributed by atoms with Crippen LogP contribution in [0.2, 0.25) is 0 Å². The van der Waals surface area contributed by atoms with Crippen molar-refractivity contribution in [1.29, 1.82) is 10.5 Å². The van der Waals surface area contributed by atoms with E-state index in [2.05, 4.69) is 130 Å². The van der Waals surface area contributed by atoms with Gasteiger partial charge < -0.3 is 9.13 Å². The Hall–Kier alpha value is -6.88. The Morgan fingerprint density at radius 3 is 1.19 bits per heavy atom. The average Bonchev–Trinajstić information content (AvgIpc) is 3.67. The average molecular weight is 611 g/mol. The van der Waals surface area contributed by atoms with Crippen LogP contribution in [-0.4, -0.2) is 9.13 Å². The third-order valence-electron chi connectivity index (χ3n) is 9.43. The number of benzene rings is 7. The fourth-order valence-corrected chi connectivity index (χ4v) is 7.39. The number of rotatable bonds is 4. The van der Waals surface area contributed by atoms with Crippen molar-refractivity contribution in [1.82, 2.24) is 9.13 Å². The summed E-state index contributed by atoms with van der Waals surface area (Å²) in [6.07, 6.45) is 0. The van der Waals surface area contributed by atoms with Crippen LogP contribution >= 0.6 is 0 Å². The maximum Gasteiger partial charge on any atom is 0.101 e. The van der Waals surface area contributed by atoms with Crippen molar-refractivity contribution in [3.05, 3.63) is 169 Å². The Morgan fingerprint density at radius 1 is 0.333 bits per heavy atom. The van der Waals surface area contributed by atoms with Crippen LogP contribution in [0.3, 0.4) is 0 Å². The van der Waals surface area contributed by atoms with Crippen molar-refractivity contribution in [2.75, 3.05) is 0 Å². The van der Waals surface area contributed by atoms with Crippen LogP contribution in [0.4, 0.5) is 0 Å². The van der Waals surface area contributed by atoms with E-state index in [1.54, 1.807) is 6.07 Å². The Bertz CT molecular complexity index is 2710. The molecule has 4 heteroatoms. The van der Waals surface area contributed by atoms with Gasteiger partial charge in [-0.25, -0.2) is 0 Å². The molecule has 7 aromatic carbocycles. The number of hydrogen-bond acceptors (Lipinski definition) is 2. The SMILES string of the molecule is N#Cc1cc(C#N)c(-n2c3ccccc3c3ccccc32)cc1-c1ccccc1-c1ccccc1-n1c2ccccc2c2ccccc21. The highest BCUT2D eigenvalue weighted by Crippen LogP contribution is 2.42. The van der Waals surface area contributed by atoms with Gasteiger partial charge in [-0.15, -0.1) is 0 Å². The van der Waals surface area contributed by atoms with Gasteiger partial charge in [0.1, 0.15) is 6.07 Å². The molecular weight excluding hydrogens is 585 g/mol. The third kappa shape index (κ3) is 4.01. The maximum atomic E-state index is 10.5. The molecule has 0 aliphatic rings. The van der Waals surface area contributed by atoms with E-state index in [-0.39, 0.29) is 0 Å². The second kappa shape index (κ2) is 10.9. The van der Waals surface area contributed by atoms with Gasteiger partial charge in [0.05, 0.1) is 50.6 Å². The van der Waals surface area contributed by atoms with Crippen molar-refractivity contribution in [3.63, 3.8) is 0 Å². The standard InChI is InChI=1S/C44H26N4/c45-27-29-25-30(28-46)44(48-42-23-11-6-18-36(42)37-19-7-12-24-43(37)48)26-38(29)32-14-2-1-13-31(32)33-15-3-8-20-39(33)47-40-21-9-4-16-34(40)35-17-5-10-22-41(35)47/h1-26H. The first-order valence-corrected chi connectivity index (χ1v) is 15.9. The first kappa shape index (κ1) is 27.4. The van der Waals surface area contributed by atoms with Crippen LogP contribution in [0.15, 0.2) is 158 Å². The van der Waals surface area contributed by atoms with Gasteiger partial charge in [0.25, 0.3) is 0 Å². The molecule has 48 heavy (non-hydrogen) atoms. The summed E-state index contributed by atoms with van der Waals surface area (Å²) in [5.41, 5.74) is 10.7. The molecule has 0 spiro atoms. The van der Waals surface area contributed by atoms with E-state index in [9.17, 15) is 10.5 Å². The largest absolute Gasteiger partial charge is 0.309 e. The lowest BCUT2D eigenvalue weighted by Gasteiger charge is -2.19. The van der Waals surface area contributed by atoms with Crippen molar-refractivity contribution >= 4 is 43.6 Å². The smallest absolute Gasteiger partial charge is 0.101 e. The summed E-state index contributed by atoms with van der Waals surface area (Å²) in [6.45, 7) is 0. The van der Waals surface area contributed by atoms with Gasteiger partial charge in [-0.1, -0.05) is 115 Å². The number of hydrogen-bond donors (Lipinski definition) is 0. The molecule has 0 amide bonds. The zero-order chi connectivity index (χ0) is 32.2. The second-order valence-corrected chi connectivity index (χ2v) is 11.9. The Kier molecular flexibility index (Phi) is 6.22. The van der Waals surface area contributed by atoms with Crippen LogP contribution in [0.25, 0.3) is 77.2 Å². The minimum absolute atomic E-state index is 0.449. The molecule has 0 atom stereocenters. The molecule has 0 aliphatic heterocycles. The van der Waals surface area contributed by atoms with E-state index in [0.29, 0.717) is 11.1 Å². The third-order valence-corrected chi connectivity index (χ3v) is 9.43. The van der Waals surface area contributed by atoms with Gasteiger partial charge in [-0.3, -0.25) is 0 Å². The van der Waals surface area contributed by atoms with Gasteiger partial charge in [0, 0.05) is 32.7 Å². The quantitative estimate of drug-likeness (QED) is 0.199. The number of aromatic nitrogens is 2. The summed E-state index contributed by atoms with van der Waals surface area (Å²) in [7, 11) is 0. The summed E-state index contributed by atoms with van der Waals surface area (Å²) < 4.78 is 4.49. The van der Waals surface area contributed by atoms with Gasteiger partial charge in [-0.05, 0) is 53.6 Å². The highest BCUT2D eigenvalue weighted by molar-refractivity contribution is 6.11. The van der Waals surface area contributed by atoms with E-state index in [0.717, 1.165) is 66.5 Å². The summed E-state index contributed by atoms with van der Waals surface area (Å²) in [6, 6.07) is 58.9. The molecule has 0 unspecified atom stereocenters. The van der Waals surface area contributed by atoms with E-state index < -0.39 is 0 Å². The summed E-state index contributed by atoms with van der Waals surface area (Å²) >= 11 is 0. The molecule has 0 N–H and O–H groups in total. The minimum Gasteiger partial charge on any atom is -0.309 e. The lowest BCUT2D eigenvalue weighted by Crippen LogP contribution is -2.01. The monoisotopic (exact) mass is 610 g/mol. The van der Waals surface area contributed by atoms with Crippen LogP contribution < -0.4 is 0 Å².